The zero-order valence-corrected chi connectivity index (χ0v) is 9.08. The molecule has 0 bridgehead atoms. The van der Waals surface area contributed by atoms with Crippen molar-refractivity contribution < 1.29 is 0 Å². The van der Waals surface area contributed by atoms with Crippen molar-refractivity contribution in [2.24, 2.45) is 20.5 Å². The lowest BCUT2D eigenvalue weighted by Gasteiger charge is -1.90. The summed E-state index contributed by atoms with van der Waals surface area (Å²) in [5.74, 6) is 0. The molecule has 0 unspecified atom stereocenters. The summed E-state index contributed by atoms with van der Waals surface area (Å²) < 4.78 is 0. The minimum Gasteiger partial charge on any atom is -0.187 e. The van der Waals surface area contributed by atoms with Crippen molar-refractivity contribution >= 4 is 0 Å². The standard InChI is InChI=1S/C12H14N4/c1-2-6-11(5-1)15-13-9-10-14-16-12-7-3-4-8-12/h1-5,7H,6,8-10H2. The van der Waals surface area contributed by atoms with Gasteiger partial charge in [-0.1, -0.05) is 24.3 Å². The normalized spacial score (nSPS) is 19.0. The molecule has 0 fully saturated rings. The predicted molar refractivity (Wildman–Crippen MR) is 63.1 cm³/mol. The molecule has 0 spiro atoms. The number of hydrogen-bond donors (Lipinski definition) is 0. The van der Waals surface area contributed by atoms with Crippen molar-refractivity contribution in [3.05, 3.63) is 47.9 Å². The molecule has 82 valence electrons. The summed E-state index contributed by atoms with van der Waals surface area (Å²) in [6.07, 6.45) is 13.8. The molecule has 2 aliphatic rings. The van der Waals surface area contributed by atoms with E-state index < -0.39 is 0 Å². The first-order chi connectivity index (χ1) is 7.95. The SMILES string of the molecule is C1=CCC(N=NCCN=NC2=CC=CC2)=C1. The fourth-order valence-corrected chi connectivity index (χ4v) is 1.39. The van der Waals surface area contributed by atoms with E-state index in [0.717, 1.165) is 24.2 Å². The molecule has 4 nitrogen and oxygen atoms in total. The van der Waals surface area contributed by atoms with Gasteiger partial charge < -0.3 is 0 Å². The number of allylic oxidation sites excluding steroid dienone is 6. The Hall–Kier alpha value is -1.84. The Morgan fingerprint density at radius 3 is 1.69 bits per heavy atom. The van der Waals surface area contributed by atoms with Crippen LogP contribution >= 0.6 is 0 Å². The van der Waals surface area contributed by atoms with Gasteiger partial charge in [-0.3, -0.25) is 0 Å². The van der Waals surface area contributed by atoms with E-state index in [1.54, 1.807) is 0 Å². The van der Waals surface area contributed by atoms with Crippen LogP contribution in [0.25, 0.3) is 0 Å². The fourth-order valence-electron chi connectivity index (χ4n) is 1.39. The molecule has 0 aromatic rings. The molecule has 0 aliphatic heterocycles. The van der Waals surface area contributed by atoms with Crippen molar-refractivity contribution in [2.75, 3.05) is 13.1 Å². The highest BCUT2D eigenvalue weighted by Gasteiger charge is 1.96. The second-order valence-electron chi connectivity index (χ2n) is 3.51. The van der Waals surface area contributed by atoms with Gasteiger partial charge in [0.1, 0.15) is 0 Å². The summed E-state index contributed by atoms with van der Waals surface area (Å²) in [6, 6.07) is 0. The first kappa shape index (κ1) is 10.7. The van der Waals surface area contributed by atoms with Gasteiger partial charge in [-0.25, -0.2) is 0 Å². The molecule has 0 aromatic carbocycles. The fraction of sp³-hybridized carbons (Fsp3) is 0.333. The molecule has 2 rings (SSSR count). The number of nitrogens with zero attached hydrogens (tertiary/aromatic N) is 4. The second kappa shape index (κ2) is 5.90. The molecular weight excluding hydrogens is 200 g/mol. The first-order valence-corrected chi connectivity index (χ1v) is 5.41. The Bertz CT molecular complexity index is 371. The molecule has 4 heteroatoms. The van der Waals surface area contributed by atoms with Gasteiger partial charge in [-0.15, -0.1) is 0 Å². The summed E-state index contributed by atoms with van der Waals surface area (Å²) in [5, 5.41) is 16.3. The average Bonchev–Trinajstić information content (AvgIpc) is 2.96. The monoisotopic (exact) mass is 214 g/mol. The number of hydrogen-bond acceptors (Lipinski definition) is 4. The van der Waals surface area contributed by atoms with Crippen LogP contribution in [-0.2, 0) is 0 Å². The molecule has 0 saturated carbocycles. The Morgan fingerprint density at radius 2 is 1.31 bits per heavy atom. The van der Waals surface area contributed by atoms with Crippen molar-refractivity contribution in [1.29, 1.82) is 0 Å². The molecule has 0 heterocycles. The van der Waals surface area contributed by atoms with Crippen molar-refractivity contribution in [3.63, 3.8) is 0 Å². The Labute approximate surface area is 94.9 Å². The molecule has 0 radical (unpaired) electrons. The molecule has 0 aromatic heterocycles. The van der Waals surface area contributed by atoms with Gasteiger partial charge in [0, 0.05) is 12.8 Å². The molecule has 0 N–H and O–H groups in total. The maximum atomic E-state index is 4.09. The number of rotatable bonds is 5. The summed E-state index contributed by atoms with van der Waals surface area (Å²) in [4.78, 5) is 0. The van der Waals surface area contributed by atoms with Gasteiger partial charge >= 0.3 is 0 Å². The van der Waals surface area contributed by atoms with E-state index in [9.17, 15) is 0 Å². The van der Waals surface area contributed by atoms with E-state index in [1.807, 2.05) is 24.3 Å². The largest absolute Gasteiger partial charge is 0.187 e. The van der Waals surface area contributed by atoms with Crippen molar-refractivity contribution in [1.82, 2.24) is 0 Å². The van der Waals surface area contributed by atoms with Crippen molar-refractivity contribution in [3.8, 4) is 0 Å². The van der Waals surface area contributed by atoms with E-state index in [4.69, 9.17) is 0 Å². The van der Waals surface area contributed by atoms with Crippen molar-refractivity contribution in [2.45, 2.75) is 12.8 Å². The predicted octanol–water partition coefficient (Wildman–Crippen LogP) is 3.58. The van der Waals surface area contributed by atoms with Crippen LogP contribution in [0.2, 0.25) is 0 Å². The van der Waals surface area contributed by atoms with E-state index >= 15 is 0 Å². The summed E-state index contributed by atoms with van der Waals surface area (Å²) in [5.41, 5.74) is 2.03. The highest BCUT2D eigenvalue weighted by Crippen LogP contribution is 2.12. The summed E-state index contributed by atoms with van der Waals surface area (Å²) >= 11 is 0. The zero-order chi connectivity index (χ0) is 11.1. The van der Waals surface area contributed by atoms with Gasteiger partial charge in [0.05, 0.1) is 24.5 Å². The van der Waals surface area contributed by atoms with Crippen LogP contribution < -0.4 is 0 Å². The number of azo groups is 2. The Balaban J connectivity index is 1.61. The molecule has 0 atom stereocenters. The van der Waals surface area contributed by atoms with Crippen LogP contribution in [0.15, 0.2) is 68.3 Å². The highest BCUT2D eigenvalue weighted by atomic mass is 15.1. The summed E-state index contributed by atoms with van der Waals surface area (Å²) in [6.45, 7) is 1.20. The minimum absolute atomic E-state index is 0.599. The molecule has 0 saturated heterocycles. The smallest absolute Gasteiger partial charge is 0.0817 e. The third-order valence-electron chi connectivity index (χ3n) is 2.20. The third kappa shape index (κ3) is 3.38. The van der Waals surface area contributed by atoms with Gasteiger partial charge in [-0.2, -0.15) is 20.5 Å². The lowest BCUT2D eigenvalue weighted by atomic mass is 10.4. The minimum atomic E-state index is 0.599. The quantitative estimate of drug-likeness (QED) is 0.496. The van der Waals surface area contributed by atoms with Crippen LogP contribution in [-0.4, -0.2) is 13.1 Å². The molecule has 16 heavy (non-hydrogen) atoms. The van der Waals surface area contributed by atoms with Crippen LogP contribution in [0, 0.1) is 0 Å². The zero-order valence-electron chi connectivity index (χ0n) is 9.08. The maximum absolute atomic E-state index is 4.09. The Kier molecular flexibility index (Phi) is 3.94. The van der Waals surface area contributed by atoms with Crippen LogP contribution in [0.1, 0.15) is 12.8 Å². The molecule has 2 aliphatic carbocycles. The van der Waals surface area contributed by atoms with E-state index in [1.165, 1.54) is 0 Å². The van der Waals surface area contributed by atoms with Gasteiger partial charge in [0.15, 0.2) is 0 Å². The highest BCUT2D eigenvalue weighted by molar-refractivity contribution is 5.21. The first-order valence-electron chi connectivity index (χ1n) is 5.41. The van der Waals surface area contributed by atoms with Gasteiger partial charge in [-0.05, 0) is 12.2 Å². The lowest BCUT2D eigenvalue weighted by Crippen LogP contribution is -1.84. The van der Waals surface area contributed by atoms with Gasteiger partial charge in [0.25, 0.3) is 0 Å². The Morgan fingerprint density at radius 1 is 0.812 bits per heavy atom. The van der Waals surface area contributed by atoms with E-state index in [0.29, 0.717) is 13.1 Å². The lowest BCUT2D eigenvalue weighted by molar-refractivity contribution is 0.839. The second-order valence-corrected chi connectivity index (χ2v) is 3.51. The van der Waals surface area contributed by atoms with E-state index in [2.05, 4.69) is 32.6 Å². The van der Waals surface area contributed by atoms with Crippen LogP contribution in [0.4, 0.5) is 0 Å². The van der Waals surface area contributed by atoms with Gasteiger partial charge in [0.2, 0.25) is 0 Å². The molecular formula is C12H14N4. The van der Waals surface area contributed by atoms with Crippen LogP contribution in [0.5, 0.6) is 0 Å². The maximum Gasteiger partial charge on any atom is 0.0817 e. The van der Waals surface area contributed by atoms with Crippen LogP contribution in [0.3, 0.4) is 0 Å². The third-order valence-corrected chi connectivity index (χ3v) is 2.20. The molecule has 0 amide bonds. The topological polar surface area (TPSA) is 49.4 Å². The van der Waals surface area contributed by atoms with E-state index in [-0.39, 0.29) is 0 Å². The summed E-state index contributed by atoms with van der Waals surface area (Å²) in [7, 11) is 0. The average molecular weight is 214 g/mol.